The first-order valence-electron chi connectivity index (χ1n) is 5.71. The Morgan fingerprint density at radius 3 is 2.90 bits per heavy atom. The van der Waals surface area contributed by atoms with Crippen LogP contribution < -0.4 is 5.43 Å². The summed E-state index contributed by atoms with van der Waals surface area (Å²) in [6, 6.07) is 8.90. The topological polar surface area (TPSA) is 67.2 Å². The van der Waals surface area contributed by atoms with Crippen LogP contribution in [0.3, 0.4) is 0 Å². The summed E-state index contributed by atoms with van der Waals surface area (Å²) in [4.78, 5) is 19.6. The Balaban J connectivity index is 1.78. The molecule has 0 spiro atoms. The molecule has 0 aliphatic rings. The molecule has 0 unspecified atom stereocenters. The average molecular weight is 307 g/mol. The van der Waals surface area contributed by atoms with Crippen LogP contribution in [-0.4, -0.2) is 27.8 Å². The number of hydrogen-bond acceptors (Lipinski definition) is 5. The fourth-order valence-corrected chi connectivity index (χ4v) is 2.08. The maximum Gasteiger partial charge on any atom is 0.250 e. The van der Waals surface area contributed by atoms with Gasteiger partial charge in [0.15, 0.2) is 5.16 Å². The minimum absolute atomic E-state index is 0.205. The highest BCUT2D eigenvalue weighted by atomic mass is 35.5. The number of hydrazone groups is 1. The van der Waals surface area contributed by atoms with E-state index in [9.17, 15) is 4.79 Å². The number of thioether (sulfide) groups is 1. The number of benzene rings is 1. The SMILES string of the molecule is O=C(CSc1ncccn1)NN=Cc1cccc(Cl)c1. The second-order valence-electron chi connectivity index (χ2n) is 3.67. The van der Waals surface area contributed by atoms with Crippen LogP contribution in [0.4, 0.5) is 0 Å². The van der Waals surface area contributed by atoms with Crippen molar-refractivity contribution in [3.8, 4) is 0 Å². The van der Waals surface area contributed by atoms with E-state index in [-0.39, 0.29) is 11.7 Å². The number of carbonyl (C=O) groups is 1. The zero-order chi connectivity index (χ0) is 14.2. The van der Waals surface area contributed by atoms with Crippen molar-refractivity contribution < 1.29 is 4.79 Å². The van der Waals surface area contributed by atoms with Gasteiger partial charge in [-0.1, -0.05) is 35.5 Å². The lowest BCUT2D eigenvalue weighted by Gasteiger charge is -1.99. The molecule has 0 bridgehead atoms. The Hall–Kier alpha value is -1.92. The van der Waals surface area contributed by atoms with Crippen LogP contribution in [-0.2, 0) is 4.79 Å². The summed E-state index contributed by atoms with van der Waals surface area (Å²) in [5, 5.41) is 5.04. The molecule has 1 heterocycles. The normalized spacial score (nSPS) is 10.7. The molecule has 5 nitrogen and oxygen atoms in total. The Morgan fingerprint density at radius 2 is 2.15 bits per heavy atom. The van der Waals surface area contributed by atoms with Crippen molar-refractivity contribution in [3.63, 3.8) is 0 Å². The largest absolute Gasteiger partial charge is 0.272 e. The van der Waals surface area contributed by atoms with E-state index in [1.807, 2.05) is 12.1 Å². The molecule has 1 N–H and O–H groups in total. The highest BCUT2D eigenvalue weighted by molar-refractivity contribution is 7.99. The lowest BCUT2D eigenvalue weighted by Crippen LogP contribution is -2.19. The van der Waals surface area contributed by atoms with Gasteiger partial charge in [0, 0.05) is 17.4 Å². The van der Waals surface area contributed by atoms with Gasteiger partial charge in [0.05, 0.1) is 12.0 Å². The summed E-state index contributed by atoms with van der Waals surface area (Å²) >= 11 is 7.09. The highest BCUT2D eigenvalue weighted by Gasteiger charge is 2.02. The van der Waals surface area contributed by atoms with E-state index in [0.29, 0.717) is 10.2 Å². The number of nitrogens with zero attached hydrogens (tertiary/aromatic N) is 3. The summed E-state index contributed by atoms with van der Waals surface area (Å²) in [5.74, 6) is -0.0163. The van der Waals surface area contributed by atoms with E-state index in [2.05, 4.69) is 20.5 Å². The number of aromatic nitrogens is 2. The van der Waals surface area contributed by atoms with Crippen LogP contribution in [0, 0.1) is 0 Å². The highest BCUT2D eigenvalue weighted by Crippen LogP contribution is 2.10. The minimum atomic E-state index is -0.222. The predicted molar refractivity (Wildman–Crippen MR) is 79.9 cm³/mol. The number of hydrogen-bond donors (Lipinski definition) is 1. The molecule has 0 aliphatic carbocycles. The van der Waals surface area contributed by atoms with E-state index in [0.717, 1.165) is 5.56 Å². The Bertz CT molecular complexity index is 606. The van der Waals surface area contributed by atoms with Crippen LogP contribution in [0.5, 0.6) is 0 Å². The third-order valence-electron chi connectivity index (χ3n) is 2.13. The molecule has 0 aliphatic heterocycles. The summed E-state index contributed by atoms with van der Waals surface area (Å²) < 4.78 is 0. The van der Waals surface area contributed by atoms with Gasteiger partial charge in [-0.15, -0.1) is 0 Å². The van der Waals surface area contributed by atoms with Crippen molar-refractivity contribution in [1.82, 2.24) is 15.4 Å². The first kappa shape index (κ1) is 14.5. The quantitative estimate of drug-likeness (QED) is 0.398. The minimum Gasteiger partial charge on any atom is -0.272 e. The van der Waals surface area contributed by atoms with Gasteiger partial charge in [0.2, 0.25) is 0 Å². The van der Waals surface area contributed by atoms with E-state index >= 15 is 0 Å². The zero-order valence-corrected chi connectivity index (χ0v) is 11.9. The second kappa shape index (κ2) is 7.62. The standard InChI is InChI=1S/C13H11ClN4OS/c14-11-4-1-3-10(7-11)8-17-18-12(19)9-20-13-15-5-2-6-16-13/h1-8H,9H2,(H,18,19). The Morgan fingerprint density at radius 1 is 1.35 bits per heavy atom. The molecule has 7 heteroatoms. The van der Waals surface area contributed by atoms with Crippen molar-refractivity contribution in [2.45, 2.75) is 5.16 Å². The van der Waals surface area contributed by atoms with Crippen LogP contribution in [0.1, 0.15) is 5.56 Å². The van der Waals surface area contributed by atoms with Crippen molar-refractivity contribution in [2.24, 2.45) is 5.10 Å². The second-order valence-corrected chi connectivity index (χ2v) is 5.05. The van der Waals surface area contributed by atoms with Gasteiger partial charge in [-0.2, -0.15) is 5.10 Å². The van der Waals surface area contributed by atoms with Crippen molar-refractivity contribution in [2.75, 3.05) is 5.75 Å². The molecular formula is C13H11ClN4OS. The molecule has 20 heavy (non-hydrogen) atoms. The molecule has 0 radical (unpaired) electrons. The number of nitrogens with one attached hydrogen (secondary N) is 1. The van der Waals surface area contributed by atoms with Gasteiger partial charge in [0.25, 0.3) is 5.91 Å². The number of amides is 1. The Kier molecular flexibility index (Phi) is 5.52. The molecule has 1 aromatic carbocycles. The lowest BCUT2D eigenvalue weighted by molar-refractivity contribution is -0.118. The Labute approximate surface area is 125 Å². The molecular weight excluding hydrogens is 296 g/mol. The smallest absolute Gasteiger partial charge is 0.250 e. The number of rotatable bonds is 5. The van der Waals surface area contributed by atoms with Gasteiger partial charge in [0.1, 0.15) is 0 Å². The number of carbonyl (C=O) groups excluding carboxylic acids is 1. The van der Waals surface area contributed by atoms with Crippen molar-refractivity contribution in [1.29, 1.82) is 0 Å². The summed E-state index contributed by atoms with van der Waals surface area (Å²) in [6.45, 7) is 0. The monoisotopic (exact) mass is 306 g/mol. The molecule has 2 aromatic rings. The maximum absolute atomic E-state index is 11.5. The third kappa shape index (κ3) is 4.99. The molecule has 2 rings (SSSR count). The molecule has 0 fully saturated rings. The van der Waals surface area contributed by atoms with Gasteiger partial charge < -0.3 is 0 Å². The van der Waals surface area contributed by atoms with Crippen molar-refractivity contribution in [3.05, 3.63) is 53.3 Å². The predicted octanol–water partition coefficient (Wildman–Crippen LogP) is 2.37. The maximum atomic E-state index is 11.5. The van der Waals surface area contributed by atoms with Gasteiger partial charge >= 0.3 is 0 Å². The van der Waals surface area contributed by atoms with E-state index < -0.39 is 0 Å². The zero-order valence-electron chi connectivity index (χ0n) is 10.4. The van der Waals surface area contributed by atoms with Crippen molar-refractivity contribution >= 4 is 35.5 Å². The lowest BCUT2D eigenvalue weighted by atomic mass is 10.2. The summed E-state index contributed by atoms with van der Waals surface area (Å²) in [7, 11) is 0. The summed E-state index contributed by atoms with van der Waals surface area (Å²) in [6.07, 6.45) is 4.79. The molecule has 102 valence electrons. The fraction of sp³-hybridized carbons (Fsp3) is 0.0769. The van der Waals surface area contributed by atoms with Crippen LogP contribution in [0.15, 0.2) is 53.0 Å². The van der Waals surface area contributed by atoms with Crippen LogP contribution in [0.25, 0.3) is 0 Å². The first-order chi connectivity index (χ1) is 9.74. The third-order valence-corrected chi connectivity index (χ3v) is 3.24. The average Bonchev–Trinajstić information content (AvgIpc) is 2.46. The van der Waals surface area contributed by atoms with Crippen LogP contribution in [0.2, 0.25) is 5.02 Å². The summed E-state index contributed by atoms with van der Waals surface area (Å²) in [5.41, 5.74) is 3.25. The fourth-order valence-electron chi connectivity index (χ4n) is 1.29. The van der Waals surface area contributed by atoms with E-state index in [4.69, 9.17) is 11.6 Å². The molecule has 0 saturated carbocycles. The molecule has 0 atom stereocenters. The molecule has 0 saturated heterocycles. The number of halogens is 1. The molecule has 1 aromatic heterocycles. The van der Waals surface area contributed by atoms with Gasteiger partial charge in [-0.05, 0) is 23.8 Å². The molecule has 1 amide bonds. The van der Waals surface area contributed by atoms with E-state index in [1.165, 1.54) is 18.0 Å². The van der Waals surface area contributed by atoms with Crippen LogP contribution >= 0.6 is 23.4 Å². The van der Waals surface area contributed by atoms with E-state index in [1.54, 1.807) is 30.6 Å². The van der Waals surface area contributed by atoms with Gasteiger partial charge in [-0.3, -0.25) is 4.79 Å². The van der Waals surface area contributed by atoms with Gasteiger partial charge in [-0.25, -0.2) is 15.4 Å². The first-order valence-corrected chi connectivity index (χ1v) is 7.08.